The molecule has 31 heavy (non-hydrogen) atoms. The van der Waals surface area contributed by atoms with Crippen molar-refractivity contribution in [3.63, 3.8) is 0 Å². The Balaban J connectivity index is 1.73. The van der Waals surface area contributed by atoms with Crippen molar-refractivity contribution in [1.29, 1.82) is 0 Å². The zero-order valence-electron chi connectivity index (χ0n) is 17.8. The number of aryl methyl sites for hydroxylation is 2. The van der Waals surface area contributed by atoms with Crippen LogP contribution in [-0.4, -0.2) is 57.0 Å². The van der Waals surface area contributed by atoms with Crippen LogP contribution >= 0.6 is 0 Å². The SMILES string of the molecule is Cc1cccc(NC(=O)C(C)OC(=O)c2ccc(C)c(S(=O)(=O)N3CCOCC3)c2)c1. The monoisotopic (exact) mass is 446 g/mol. The highest BCUT2D eigenvalue weighted by Crippen LogP contribution is 2.23. The van der Waals surface area contributed by atoms with E-state index in [-0.39, 0.29) is 23.5 Å². The van der Waals surface area contributed by atoms with Crippen LogP contribution < -0.4 is 5.32 Å². The molecule has 0 spiro atoms. The van der Waals surface area contributed by atoms with Crippen LogP contribution in [0.1, 0.15) is 28.4 Å². The second-order valence-electron chi connectivity index (χ2n) is 7.40. The molecule has 1 atom stereocenters. The van der Waals surface area contributed by atoms with Gasteiger partial charge in [-0.05, 0) is 56.2 Å². The van der Waals surface area contributed by atoms with Gasteiger partial charge in [-0.3, -0.25) is 4.79 Å². The number of hydrogen-bond donors (Lipinski definition) is 1. The van der Waals surface area contributed by atoms with Gasteiger partial charge in [0.25, 0.3) is 5.91 Å². The summed E-state index contributed by atoms with van der Waals surface area (Å²) in [7, 11) is -3.77. The van der Waals surface area contributed by atoms with Crippen LogP contribution in [0.15, 0.2) is 47.4 Å². The fourth-order valence-electron chi connectivity index (χ4n) is 3.18. The van der Waals surface area contributed by atoms with E-state index in [2.05, 4.69) is 5.32 Å². The number of ether oxygens (including phenoxy) is 2. The summed E-state index contributed by atoms with van der Waals surface area (Å²) >= 11 is 0. The molecular weight excluding hydrogens is 420 g/mol. The number of hydrogen-bond acceptors (Lipinski definition) is 6. The van der Waals surface area contributed by atoms with Gasteiger partial charge in [0.2, 0.25) is 10.0 Å². The van der Waals surface area contributed by atoms with Crippen LogP contribution in [0.4, 0.5) is 5.69 Å². The van der Waals surface area contributed by atoms with E-state index in [9.17, 15) is 18.0 Å². The number of amides is 1. The van der Waals surface area contributed by atoms with Gasteiger partial charge >= 0.3 is 5.97 Å². The first-order valence-electron chi connectivity index (χ1n) is 9.95. The van der Waals surface area contributed by atoms with Crippen molar-refractivity contribution in [2.45, 2.75) is 31.8 Å². The molecular formula is C22H26N2O6S. The van der Waals surface area contributed by atoms with E-state index in [0.29, 0.717) is 24.5 Å². The quantitative estimate of drug-likeness (QED) is 0.684. The summed E-state index contributed by atoms with van der Waals surface area (Å²) in [5.41, 5.74) is 2.17. The average molecular weight is 447 g/mol. The summed E-state index contributed by atoms with van der Waals surface area (Å²) in [6.45, 7) is 6.20. The third-order valence-corrected chi connectivity index (χ3v) is 6.99. The van der Waals surface area contributed by atoms with Crippen molar-refractivity contribution in [2.75, 3.05) is 31.6 Å². The number of sulfonamides is 1. The summed E-state index contributed by atoms with van der Waals surface area (Å²) < 4.78 is 37.8. The minimum absolute atomic E-state index is 0.0423. The van der Waals surface area contributed by atoms with Crippen LogP contribution in [-0.2, 0) is 24.3 Å². The van der Waals surface area contributed by atoms with E-state index in [0.717, 1.165) is 5.56 Å². The lowest BCUT2D eigenvalue weighted by Gasteiger charge is -2.26. The van der Waals surface area contributed by atoms with Gasteiger partial charge in [-0.2, -0.15) is 4.31 Å². The molecule has 9 heteroatoms. The van der Waals surface area contributed by atoms with Gasteiger partial charge in [-0.1, -0.05) is 18.2 Å². The molecule has 8 nitrogen and oxygen atoms in total. The molecule has 0 bridgehead atoms. The fourth-order valence-corrected chi connectivity index (χ4v) is 4.84. The molecule has 0 aromatic heterocycles. The fraction of sp³-hybridized carbons (Fsp3) is 0.364. The molecule has 1 N–H and O–H groups in total. The van der Waals surface area contributed by atoms with Gasteiger partial charge in [-0.15, -0.1) is 0 Å². The normalized spacial score (nSPS) is 15.8. The van der Waals surface area contributed by atoms with E-state index in [4.69, 9.17) is 9.47 Å². The van der Waals surface area contributed by atoms with Crippen molar-refractivity contribution in [1.82, 2.24) is 4.31 Å². The van der Waals surface area contributed by atoms with Crippen molar-refractivity contribution in [3.8, 4) is 0 Å². The number of nitrogens with zero attached hydrogens (tertiary/aromatic N) is 1. The Hall–Kier alpha value is -2.75. The number of esters is 1. The van der Waals surface area contributed by atoms with Crippen molar-refractivity contribution in [2.24, 2.45) is 0 Å². The summed E-state index contributed by atoms with van der Waals surface area (Å²) in [5.74, 6) is -1.25. The second kappa shape index (κ2) is 9.59. The molecule has 1 heterocycles. The first kappa shape index (κ1) is 22.9. The standard InChI is InChI=1S/C22H26N2O6S/c1-15-5-4-6-19(13-15)23-21(25)17(3)30-22(26)18-8-7-16(2)20(14-18)31(27,28)24-9-11-29-12-10-24/h4-8,13-14,17H,9-12H2,1-3H3,(H,23,25). The maximum atomic E-state index is 13.0. The number of carbonyl (C=O) groups excluding carboxylic acids is 2. The Morgan fingerprint density at radius 2 is 1.81 bits per heavy atom. The highest BCUT2D eigenvalue weighted by Gasteiger charge is 2.29. The Bertz CT molecular complexity index is 1080. The first-order valence-corrected chi connectivity index (χ1v) is 11.4. The zero-order valence-corrected chi connectivity index (χ0v) is 18.6. The van der Waals surface area contributed by atoms with Crippen molar-refractivity contribution < 1.29 is 27.5 Å². The van der Waals surface area contributed by atoms with Gasteiger partial charge in [0.05, 0.1) is 23.7 Å². The first-order chi connectivity index (χ1) is 14.7. The lowest BCUT2D eigenvalue weighted by molar-refractivity contribution is -0.123. The largest absolute Gasteiger partial charge is 0.449 e. The Kier molecular flexibility index (Phi) is 7.09. The smallest absolute Gasteiger partial charge is 0.338 e. The highest BCUT2D eigenvalue weighted by atomic mass is 32.2. The predicted octanol–water partition coefficient (Wildman–Crippen LogP) is 2.51. The highest BCUT2D eigenvalue weighted by molar-refractivity contribution is 7.89. The molecule has 1 amide bonds. The Labute approximate surface area is 182 Å². The molecule has 0 saturated carbocycles. The van der Waals surface area contributed by atoms with Gasteiger partial charge in [0.15, 0.2) is 6.10 Å². The van der Waals surface area contributed by atoms with Crippen LogP contribution in [0.2, 0.25) is 0 Å². The minimum atomic E-state index is -3.77. The number of nitrogens with one attached hydrogen (secondary N) is 1. The molecule has 2 aromatic rings. The van der Waals surface area contributed by atoms with Gasteiger partial charge in [0, 0.05) is 18.8 Å². The van der Waals surface area contributed by atoms with E-state index < -0.39 is 28.0 Å². The van der Waals surface area contributed by atoms with Crippen LogP contribution in [0.25, 0.3) is 0 Å². The molecule has 1 aliphatic rings. The Morgan fingerprint density at radius 1 is 1.10 bits per heavy atom. The third-order valence-electron chi connectivity index (χ3n) is 4.95. The van der Waals surface area contributed by atoms with E-state index >= 15 is 0 Å². The van der Waals surface area contributed by atoms with Crippen LogP contribution in [0.5, 0.6) is 0 Å². The zero-order chi connectivity index (χ0) is 22.6. The molecule has 1 aliphatic heterocycles. The second-order valence-corrected chi connectivity index (χ2v) is 9.31. The van der Waals surface area contributed by atoms with Crippen LogP contribution in [0.3, 0.4) is 0 Å². The molecule has 0 radical (unpaired) electrons. The number of anilines is 1. The molecule has 166 valence electrons. The van der Waals surface area contributed by atoms with Crippen LogP contribution in [0, 0.1) is 13.8 Å². The van der Waals surface area contributed by atoms with Gasteiger partial charge < -0.3 is 14.8 Å². The molecule has 3 rings (SSSR count). The minimum Gasteiger partial charge on any atom is -0.449 e. The topological polar surface area (TPSA) is 102 Å². The molecule has 1 unspecified atom stereocenters. The summed E-state index contributed by atoms with van der Waals surface area (Å²) in [5, 5.41) is 2.70. The molecule has 0 aliphatic carbocycles. The third kappa shape index (κ3) is 5.49. The van der Waals surface area contributed by atoms with E-state index in [1.807, 2.05) is 19.1 Å². The van der Waals surface area contributed by atoms with Crippen molar-refractivity contribution >= 4 is 27.6 Å². The summed E-state index contributed by atoms with van der Waals surface area (Å²) in [6.07, 6.45) is -1.06. The van der Waals surface area contributed by atoms with Gasteiger partial charge in [0.1, 0.15) is 0 Å². The summed E-state index contributed by atoms with van der Waals surface area (Å²) in [4.78, 5) is 25.0. The number of morpholine rings is 1. The Morgan fingerprint density at radius 3 is 2.48 bits per heavy atom. The predicted molar refractivity (Wildman–Crippen MR) is 115 cm³/mol. The average Bonchev–Trinajstić information content (AvgIpc) is 2.74. The lowest BCUT2D eigenvalue weighted by atomic mass is 10.1. The number of carbonyl (C=O) groups is 2. The maximum absolute atomic E-state index is 13.0. The van der Waals surface area contributed by atoms with E-state index in [1.165, 1.54) is 23.4 Å². The van der Waals surface area contributed by atoms with Gasteiger partial charge in [-0.25, -0.2) is 13.2 Å². The lowest BCUT2D eigenvalue weighted by Crippen LogP contribution is -2.40. The number of benzene rings is 2. The maximum Gasteiger partial charge on any atom is 0.338 e. The summed E-state index contributed by atoms with van der Waals surface area (Å²) in [6, 6.07) is 11.6. The van der Waals surface area contributed by atoms with E-state index in [1.54, 1.807) is 25.1 Å². The molecule has 2 aromatic carbocycles. The molecule has 1 fully saturated rings. The van der Waals surface area contributed by atoms with Crippen molar-refractivity contribution in [3.05, 3.63) is 59.2 Å². The number of rotatable bonds is 6. The molecule has 1 saturated heterocycles.